The largest absolute Gasteiger partial charge is 0.492 e. The molecule has 0 radical (unpaired) electrons. The molecule has 128 valence electrons. The number of carbonyl (C=O) groups excluding carboxylic acids is 1. The van der Waals surface area contributed by atoms with Crippen LogP contribution in [-0.2, 0) is 7.05 Å². The molecule has 0 saturated heterocycles. The van der Waals surface area contributed by atoms with Gasteiger partial charge in [0.25, 0.3) is 5.91 Å². The Morgan fingerprint density at radius 2 is 2.16 bits per heavy atom. The molecule has 0 aliphatic heterocycles. The van der Waals surface area contributed by atoms with Gasteiger partial charge in [-0.2, -0.15) is 5.10 Å². The lowest BCUT2D eigenvalue weighted by molar-refractivity contribution is 0.0946. The van der Waals surface area contributed by atoms with Crippen molar-refractivity contribution in [3.8, 4) is 16.9 Å². The van der Waals surface area contributed by atoms with Gasteiger partial charge in [0.1, 0.15) is 12.4 Å². The van der Waals surface area contributed by atoms with Gasteiger partial charge in [0, 0.05) is 36.6 Å². The van der Waals surface area contributed by atoms with Crippen molar-refractivity contribution in [2.45, 2.75) is 0 Å². The van der Waals surface area contributed by atoms with Gasteiger partial charge in [-0.3, -0.25) is 14.3 Å². The number of ether oxygens (including phenoxy) is 1. The number of amides is 1. The van der Waals surface area contributed by atoms with Crippen LogP contribution in [0, 0.1) is 0 Å². The van der Waals surface area contributed by atoms with E-state index in [-0.39, 0.29) is 11.5 Å². The summed E-state index contributed by atoms with van der Waals surface area (Å²) >= 11 is 0. The first-order valence-electron chi connectivity index (χ1n) is 7.80. The third-order valence-electron chi connectivity index (χ3n) is 3.57. The molecule has 2 heterocycles. The first kappa shape index (κ1) is 16.5. The summed E-state index contributed by atoms with van der Waals surface area (Å²) in [7, 11) is 1.87. The zero-order valence-electron chi connectivity index (χ0n) is 13.7. The van der Waals surface area contributed by atoms with Crippen LogP contribution in [-0.4, -0.2) is 33.8 Å². The van der Waals surface area contributed by atoms with Crippen molar-refractivity contribution >= 4 is 5.91 Å². The Balaban J connectivity index is 1.52. The van der Waals surface area contributed by atoms with E-state index in [9.17, 15) is 9.59 Å². The van der Waals surface area contributed by atoms with Crippen LogP contribution in [0.15, 0.2) is 59.8 Å². The molecule has 0 bridgehead atoms. The van der Waals surface area contributed by atoms with Crippen LogP contribution >= 0.6 is 0 Å². The second-order valence-electron chi connectivity index (χ2n) is 5.48. The average molecular weight is 338 g/mol. The van der Waals surface area contributed by atoms with Gasteiger partial charge in [-0.1, -0.05) is 12.1 Å². The minimum absolute atomic E-state index is 0.307. The fourth-order valence-corrected chi connectivity index (χ4v) is 2.36. The lowest BCUT2D eigenvalue weighted by atomic mass is 10.1. The van der Waals surface area contributed by atoms with Gasteiger partial charge in [-0.15, -0.1) is 0 Å². The molecule has 25 heavy (non-hydrogen) atoms. The highest BCUT2D eigenvalue weighted by Crippen LogP contribution is 2.23. The first-order valence-corrected chi connectivity index (χ1v) is 7.80. The van der Waals surface area contributed by atoms with Crippen molar-refractivity contribution in [3.63, 3.8) is 0 Å². The SMILES string of the molecule is Cn1cc(-c2cccc(OCCNC(=O)c3cc[nH]c(=O)c3)c2)cn1. The lowest BCUT2D eigenvalue weighted by Crippen LogP contribution is -2.28. The molecule has 0 fully saturated rings. The number of H-pyrrole nitrogens is 1. The minimum atomic E-state index is -0.309. The van der Waals surface area contributed by atoms with E-state index in [1.54, 1.807) is 16.9 Å². The highest BCUT2D eigenvalue weighted by Gasteiger charge is 2.06. The molecular formula is C18H18N4O3. The molecule has 0 saturated carbocycles. The van der Waals surface area contributed by atoms with Crippen LogP contribution in [0.2, 0.25) is 0 Å². The standard InChI is InChI=1S/C18H18N4O3/c1-22-12-15(11-21-22)13-3-2-4-16(9-13)25-8-7-20-18(24)14-5-6-19-17(23)10-14/h2-6,9-12H,7-8H2,1H3,(H,19,23)(H,20,24). The number of aromatic amines is 1. The molecule has 3 aromatic rings. The number of benzene rings is 1. The van der Waals surface area contributed by atoms with Crippen molar-refractivity contribution < 1.29 is 9.53 Å². The third kappa shape index (κ3) is 4.35. The number of nitrogens with one attached hydrogen (secondary N) is 2. The van der Waals surface area contributed by atoms with Crippen LogP contribution in [0.5, 0.6) is 5.75 Å². The topological polar surface area (TPSA) is 89.0 Å². The normalized spacial score (nSPS) is 10.4. The molecular weight excluding hydrogens is 320 g/mol. The summed E-state index contributed by atoms with van der Waals surface area (Å²) in [4.78, 5) is 25.6. The molecule has 1 amide bonds. The van der Waals surface area contributed by atoms with Crippen molar-refractivity contribution in [1.82, 2.24) is 20.1 Å². The number of pyridine rings is 1. The molecule has 3 rings (SSSR count). The number of hydrogen-bond acceptors (Lipinski definition) is 4. The van der Waals surface area contributed by atoms with Crippen molar-refractivity contribution in [2.75, 3.05) is 13.2 Å². The summed E-state index contributed by atoms with van der Waals surface area (Å²) in [5.41, 5.74) is 2.03. The molecule has 0 unspecified atom stereocenters. The highest BCUT2D eigenvalue weighted by atomic mass is 16.5. The van der Waals surface area contributed by atoms with E-state index >= 15 is 0 Å². The minimum Gasteiger partial charge on any atom is -0.492 e. The van der Waals surface area contributed by atoms with Crippen LogP contribution in [0.3, 0.4) is 0 Å². The van der Waals surface area contributed by atoms with Crippen LogP contribution in [0.1, 0.15) is 10.4 Å². The smallest absolute Gasteiger partial charge is 0.251 e. The van der Waals surface area contributed by atoms with Crippen molar-refractivity contribution in [1.29, 1.82) is 0 Å². The maximum absolute atomic E-state index is 11.9. The molecule has 7 heteroatoms. The molecule has 0 aliphatic rings. The number of aromatic nitrogens is 3. The monoisotopic (exact) mass is 338 g/mol. The molecule has 2 aromatic heterocycles. The summed E-state index contributed by atoms with van der Waals surface area (Å²) in [6.07, 6.45) is 5.17. The fourth-order valence-electron chi connectivity index (χ4n) is 2.36. The summed E-state index contributed by atoms with van der Waals surface area (Å²) < 4.78 is 7.42. The van der Waals surface area contributed by atoms with Gasteiger partial charge in [0.05, 0.1) is 12.7 Å². The maximum Gasteiger partial charge on any atom is 0.251 e. The zero-order valence-corrected chi connectivity index (χ0v) is 13.7. The van der Waals surface area contributed by atoms with Gasteiger partial charge in [-0.05, 0) is 23.8 Å². The summed E-state index contributed by atoms with van der Waals surface area (Å²) in [6, 6.07) is 10.5. The van der Waals surface area contributed by atoms with Gasteiger partial charge >= 0.3 is 0 Å². The van der Waals surface area contributed by atoms with Gasteiger partial charge < -0.3 is 15.0 Å². The maximum atomic E-state index is 11.9. The van der Waals surface area contributed by atoms with E-state index in [2.05, 4.69) is 15.4 Å². The Labute approximate surface area is 144 Å². The Morgan fingerprint density at radius 3 is 2.92 bits per heavy atom. The highest BCUT2D eigenvalue weighted by molar-refractivity contribution is 5.93. The number of nitrogens with zero attached hydrogens (tertiary/aromatic N) is 2. The molecule has 2 N–H and O–H groups in total. The number of carbonyl (C=O) groups is 1. The Hall–Kier alpha value is -3.35. The van der Waals surface area contributed by atoms with E-state index in [1.165, 1.54) is 12.3 Å². The molecule has 0 atom stereocenters. The second kappa shape index (κ2) is 7.48. The summed E-state index contributed by atoms with van der Waals surface area (Å²) in [5, 5.41) is 6.87. The Bertz CT molecular complexity index is 930. The third-order valence-corrected chi connectivity index (χ3v) is 3.57. The van der Waals surface area contributed by atoms with Gasteiger partial charge in [0.15, 0.2) is 0 Å². The predicted molar refractivity (Wildman–Crippen MR) is 93.5 cm³/mol. The van der Waals surface area contributed by atoms with E-state index in [0.717, 1.165) is 11.1 Å². The quantitative estimate of drug-likeness (QED) is 0.668. The van der Waals surface area contributed by atoms with E-state index < -0.39 is 0 Å². The molecule has 0 aliphatic carbocycles. The van der Waals surface area contributed by atoms with E-state index in [0.29, 0.717) is 24.5 Å². The number of hydrogen-bond donors (Lipinski definition) is 2. The van der Waals surface area contributed by atoms with Gasteiger partial charge in [0.2, 0.25) is 5.56 Å². The lowest BCUT2D eigenvalue weighted by Gasteiger charge is -2.09. The molecule has 1 aromatic carbocycles. The Kier molecular flexibility index (Phi) is 4.94. The summed E-state index contributed by atoms with van der Waals surface area (Å²) in [5.74, 6) is 0.408. The van der Waals surface area contributed by atoms with Gasteiger partial charge in [-0.25, -0.2) is 0 Å². The first-order chi connectivity index (χ1) is 12.1. The number of aryl methyl sites for hydroxylation is 1. The molecule has 0 spiro atoms. The van der Waals surface area contributed by atoms with Crippen molar-refractivity contribution in [3.05, 3.63) is 70.9 Å². The van der Waals surface area contributed by atoms with E-state index in [4.69, 9.17) is 4.74 Å². The van der Waals surface area contributed by atoms with Crippen LogP contribution in [0.25, 0.3) is 11.1 Å². The van der Waals surface area contributed by atoms with Crippen LogP contribution in [0.4, 0.5) is 0 Å². The fraction of sp³-hybridized carbons (Fsp3) is 0.167. The second-order valence-corrected chi connectivity index (χ2v) is 5.48. The predicted octanol–water partition coefficient (Wildman–Crippen LogP) is 1.58. The van der Waals surface area contributed by atoms with Crippen LogP contribution < -0.4 is 15.6 Å². The van der Waals surface area contributed by atoms with E-state index in [1.807, 2.05) is 37.5 Å². The number of rotatable bonds is 6. The zero-order chi connectivity index (χ0) is 17.6. The summed E-state index contributed by atoms with van der Waals surface area (Å²) in [6.45, 7) is 0.661. The Morgan fingerprint density at radius 1 is 1.28 bits per heavy atom. The average Bonchev–Trinajstić information content (AvgIpc) is 3.05. The molecule has 7 nitrogen and oxygen atoms in total. The van der Waals surface area contributed by atoms with Crippen molar-refractivity contribution in [2.24, 2.45) is 7.05 Å².